The summed E-state index contributed by atoms with van der Waals surface area (Å²) in [4.78, 5) is 29.9. The molecule has 2 aliphatic rings. The van der Waals surface area contributed by atoms with Gasteiger partial charge in [0.05, 0.1) is 12.2 Å². The molecule has 0 unspecified atom stereocenters. The highest BCUT2D eigenvalue weighted by Gasteiger charge is 2.49. The number of nitrogens with one attached hydrogen (secondary N) is 1. The van der Waals surface area contributed by atoms with Crippen LogP contribution in [0.2, 0.25) is 0 Å². The fourth-order valence-corrected chi connectivity index (χ4v) is 5.88. The van der Waals surface area contributed by atoms with Crippen LogP contribution in [0.4, 0.5) is 5.69 Å². The third-order valence-corrected chi connectivity index (χ3v) is 7.96. The number of rotatable bonds is 5. The van der Waals surface area contributed by atoms with Gasteiger partial charge in [0.2, 0.25) is 5.91 Å². The molecule has 1 saturated carbocycles. The second-order valence-corrected chi connectivity index (χ2v) is 11.0. The predicted octanol–water partition coefficient (Wildman–Crippen LogP) is 5.99. The Hall–Kier alpha value is -3.41. The first-order valence-electron chi connectivity index (χ1n) is 13.7. The molecule has 0 spiro atoms. The normalized spacial score (nSPS) is 20.4. The number of anilines is 1. The van der Waals surface area contributed by atoms with Gasteiger partial charge < -0.3 is 5.32 Å². The Bertz CT molecular complexity index is 1280. The summed E-state index contributed by atoms with van der Waals surface area (Å²) in [6.07, 6.45) is 7.65. The number of carbonyl (C=O) groups excluding carboxylic acids is 2. The van der Waals surface area contributed by atoms with Crippen molar-refractivity contribution in [3.8, 4) is 11.3 Å². The highest BCUT2D eigenvalue weighted by Crippen LogP contribution is 2.35. The largest absolute Gasteiger partial charge is 0.351 e. The maximum absolute atomic E-state index is 14.1. The zero-order valence-corrected chi connectivity index (χ0v) is 22.5. The van der Waals surface area contributed by atoms with Gasteiger partial charge >= 0.3 is 0 Å². The molecule has 194 valence electrons. The Morgan fingerprint density at radius 3 is 2.27 bits per heavy atom. The molecule has 1 aromatic heterocycles. The van der Waals surface area contributed by atoms with Crippen LogP contribution in [0.5, 0.6) is 0 Å². The quantitative estimate of drug-likeness (QED) is 0.440. The van der Waals surface area contributed by atoms with Gasteiger partial charge in [-0.2, -0.15) is 5.10 Å². The van der Waals surface area contributed by atoms with Gasteiger partial charge in [0.15, 0.2) is 0 Å². The van der Waals surface area contributed by atoms with Gasteiger partial charge in [-0.15, -0.1) is 0 Å². The number of hydrogen-bond donors (Lipinski definition) is 1. The van der Waals surface area contributed by atoms with Crippen LogP contribution in [0.1, 0.15) is 79.6 Å². The van der Waals surface area contributed by atoms with Crippen molar-refractivity contribution in [2.75, 3.05) is 4.90 Å². The summed E-state index contributed by atoms with van der Waals surface area (Å²) in [5.74, 6) is -0.305. The molecule has 2 heterocycles. The summed E-state index contributed by atoms with van der Waals surface area (Å²) >= 11 is 0. The highest BCUT2D eigenvalue weighted by atomic mass is 16.2. The third kappa shape index (κ3) is 4.94. The van der Waals surface area contributed by atoms with E-state index in [1.54, 1.807) is 9.58 Å². The Labute approximate surface area is 220 Å². The average molecular weight is 499 g/mol. The monoisotopic (exact) mass is 498 g/mol. The van der Waals surface area contributed by atoms with Gasteiger partial charge in [0.1, 0.15) is 11.2 Å². The molecule has 37 heavy (non-hydrogen) atoms. The molecular formula is C31H38N4O2. The van der Waals surface area contributed by atoms with Crippen molar-refractivity contribution in [2.45, 2.75) is 90.8 Å². The molecule has 1 N–H and O–H groups in total. The van der Waals surface area contributed by atoms with Crippen LogP contribution in [-0.2, 0) is 17.8 Å². The van der Waals surface area contributed by atoms with Crippen molar-refractivity contribution < 1.29 is 9.59 Å². The van der Waals surface area contributed by atoms with Crippen molar-refractivity contribution in [1.29, 1.82) is 0 Å². The molecule has 3 aromatic rings. The summed E-state index contributed by atoms with van der Waals surface area (Å²) in [5, 5.41) is 8.15. The lowest BCUT2D eigenvalue weighted by Crippen LogP contribution is -2.65. The van der Waals surface area contributed by atoms with E-state index < -0.39 is 5.54 Å². The molecule has 2 amide bonds. The smallest absolute Gasteiger partial charge is 0.277 e. The van der Waals surface area contributed by atoms with Crippen LogP contribution in [-0.4, -0.2) is 33.2 Å². The maximum Gasteiger partial charge on any atom is 0.277 e. The zero-order valence-electron chi connectivity index (χ0n) is 22.5. The first-order chi connectivity index (χ1) is 17.8. The first-order valence-corrected chi connectivity index (χ1v) is 13.7. The SMILES string of the molecule is CCc1ccc(-c2cc3n(n2)C[C@](C)(C(=O)NC2CCCCCC2)N(c2cc(C)cc(C)c2)C3=O)cc1. The second-order valence-electron chi connectivity index (χ2n) is 11.0. The van der Waals surface area contributed by atoms with E-state index in [4.69, 9.17) is 5.10 Å². The minimum Gasteiger partial charge on any atom is -0.351 e. The van der Waals surface area contributed by atoms with Gasteiger partial charge in [-0.05, 0) is 74.9 Å². The molecule has 1 fully saturated rings. The second kappa shape index (κ2) is 10.2. The number of aromatic nitrogens is 2. The lowest BCUT2D eigenvalue weighted by Gasteiger charge is -2.44. The zero-order chi connectivity index (χ0) is 26.2. The highest BCUT2D eigenvalue weighted by molar-refractivity contribution is 6.12. The van der Waals surface area contributed by atoms with E-state index in [1.165, 1.54) is 18.4 Å². The Balaban J connectivity index is 1.55. The predicted molar refractivity (Wildman–Crippen MR) is 148 cm³/mol. The summed E-state index contributed by atoms with van der Waals surface area (Å²) in [6, 6.07) is 16.4. The molecule has 0 bridgehead atoms. The van der Waals surface area contributed by atoms with E-state index in [2.05, 4.69) is 42.6 Å². The molecule has 0 saturated heterocycles. The van der Waals surface area contributed by atoms with Crippen LogP contribution in [0, 0.1) is 13.8 Å². The molecule has 5 rings (SSSR count). The maximum atomic E-state index is 14.1. The van der Waals surface area contributed by atoms with Gasteiger partial charge in [-0.3, -0.25) is 19.2 Å². The minimum absolute atomic E-state index is 0.109. The minimum atomic E-state index is -1.11. The molecule has 0 radical (unpaired) electrons. The lowest BCUT2D eigenvalue weighted by atomic mass is 9.92. The standard InChI is InChI=1S/C31H38N4O2/c1-5-23-12-14-24(15-13-23)27-19-28-29(36)35(26-17-21(2)16-22(3)18-26)31(4,20-34(28)33-27)30(37)32-25-10-8-6-7-9-11-25/h12-19,25H,5-11,20H2,1-4H3,(H,32,37)/t31-/m1/s1. The van der Waals surface area contributed by atoms with Crippen LogP contribution in [0.3, 0.4) is 0 Å². The van der Waals surface area contributed by atoms with Gasteiger partial charge in [0, 0.05) is 17.3 Å². The molecule has 6 nitrogen and oxygen atoms in total. The molecule has 1 aliphatic heterocycles. The summed E-state index contributed by atoms with van der Waals surface area (Å²) in [5.41, 5.74) is 5.25. The van der Waals surface area contributed by atoms with Gasteiger partial charge in [0.25, 0.3) is 5.91 Å². The summed E-state index contributed by atoms with van der Waals surface area (Å²) in [6.45, 7) is 8.36. The Morgan fingerprint density at radius 2 is 1.65 bits per heavy atom. The first kappa shape index (κ1) is 25.2. The molecular weight excluding hydrogens is 460 g/mol. The third-order valence-electron chi connectivity index (χ3n) is 7.96. The Morgan fingerprint density at radius 1 is 1.00 bits per heavy atom. The van der Waals surface area contributed by atoms with Crippen LogP contribution in [0.15, 0.2) is 48.5 Å². The summed E-state index contributed by atoms with van der Waals surface area (Å²) in [7, 11) is 0. The van der Waals surface area contributed by atoms with Crippen LogP contribution < -0.4 is 10.2 Å². The number of nitrogens with zero attached hydrogens (tertiary/aromatic N) is 3. The van der Waals surface area contributed by atoms with E-state index in [1.807, 2.05) is 39.0 Å². The topological polar surface area (TPSA) is 67.2 Å². The fraction of sp³-hybridized carbons (Fsp3) is 0.452. The van der Waals surface area contributed by atoms with Crippen molar-refractivity contribution >= 4 is 17.5 Å². The number of benzene rings is 2. The fourth-order valence-electron chi connectivity index (χ4n) is 5.88. The number of fused-ring (bicyclic) bond motifs is 1. The number of aryl methyl sites for hydroxylation is 3. The molecule has 6 heteroatoms. The van der Waals surface area contributed by atoms with Crippen molar-refractivity contribution in [3.63, 3.8) is 0 Å². The summed E-state index contributed by atoms with van der Waals surface area (Å²) < 4.78 is 1.73. The Kier molecular flexibility index (Phi) is 6.93. The number of carbonyl (C=O) groups is 2. The van der Waals surface area contributed by atoms with Crippen molar-refractivity contribution in [2.24, 2.45) is 0 Å². The van der Waals surface area contributed by atoms with E-state index >= 15 is 0 Å². The van der Waals surface area contributed by atoms with Gasteiger partial charge in [-0.25, -0.2) is 0 Å². The molecule has 1 atom stereocenters. The van der Waals surface area contributed by atoms with E-state index in [0.717, 1.165) is 60.2 Å². The molecule has 1 aliphatic carbocycles. The van der Waals surface area contributed by atoms with Crippen molar-refractivity contribution in [3.05, 3.63) is 70.9 Å². The van der Waals surface area contributed by atoms with Crippen LogP contribution in [0.25, 0.3) is 11.3 Å². The number of hydrogen-bond acceptors (Lipinski definition) is 3. The van der Waals surface area contributed by atoms with Crippen LogP contribution >= 0.6 is 0 Å². The average Bonchev–Trinajstić information content (AvgIpc) is 3.12. The van der Waals surface area contributed by atoms with E-state index in [0.29, 0.717) is 12.2 Å². The van der Waals surface area contributed by atoms with Crippen molar-refractivity contribution in [1.82, 2.24) is 15.1 Å². The number of amides is 2. The van der Waals surface area contributed by atoms with E-state index in [9.17, 15) is 9.59 Å². The molecule has 2 aromatic carbocycles. The lowest BCUT2D eigenvalue weighted by molar-refractivity contribution is -0.127. The van der Waals surface area contributed by atoms with Gasteiger partial charge in [-0.1, -0.05) is 62.9 Å². The van der Waals surface area contributed by atoms with E-state index in [-0.39, 0.29) is 17.9 Å².